The van der Waals surface area contributed by atoms with Crippen molar-refractivity contribution in [2.45, 2.75) is 6.18 Å². The molecule has 0 atom stereocenters. The summed E-state index contributed by atoms with van der Waals surface area (Å²) in [6.45, 7) is 0. The zero-order valence-electron chi connectivity index (χ0n) is 11.0. The van der Waals surface area contributed by atoms with E-state index in [-0.39, 0.29) is 11.3 Å². The van der Waals surface area contributed by atoms with Crippen LogP contribution >= 0.6 is 11.3 Å². The summed E-state index contributed by atoms with van der Waals surface area (Å²) in [5, 5.41) is 14.8. The Kier molecular flexibility index (Phi) is 4.63. The molecule has 0 bridgehead atoms. The van der Waals surface area contributed by atoms with Gasteiger partial charge in [-0.15, -0.1) is 0 Å². The van der Waals surface area contributed by atoms with Crippen LogP contribution in [0.1, 0.15) is 11.1 Å². The minimum Gasteiger partial charge on any atom is -0.321 e. The van der Waals surface area contributed by atoms with Crippen LogP contribution in [-0.4, -0.2) is 5.91 Å². The molecule has 0 aliphatic rings. The maximum Gasteiger partial charge on any atom is 0.416 e. The molecule has 0 aliphatic carbocycles. The third kappa shape index (κ3) is 3.96. The van der Waals surface area contributed by atoms with Gasteiger partial charge in [-0.25, -0.2) is 0 Å². The molecule has 7 heteroatoms. The number of benzene rings is 1. The van der Waals surface area contributed by atoms with E-state index >= 15 is 0 Å². The maximum absolute atomic E-state index is 12.6. The smallest absolute Gasteiger partial charge is 0.321 e. The molecule has 3 nitrogen and oxygen atoms in total. The molecule has 0 spiro atoms. The number of nitrogens with one attached hydrogen (secondary N) is 1. The molecule has 1 heterocycles. The summed E-state index contributed by atoms with van der Waals surface area (Å²) in [5.74, 6) is -0.756. The molecule has 2 rings (SSSR count). The van der Waals surface area contributed by atoms with Crippen molar-refractivity contribution in [1.29, 1.82) is 5.26 Å². The minimum atomic E-state index is -4.49. The Morgan fingerprint density at radius 2 is 2.09 bits per heavy atom. The van der Waals surface area contributed by atoms with Crippen LogP contribution in [0.15, 0.2) is 46.7 Å². The lowest BCUT2D eigenvalue weighted by atomic mass is 10.1. The van der Waals surface area contributed by atoms with Crippen molar-refractivity contribution in [2.24, 2.45) is 0 Å². The monoisotopic (exact) mass is 322 g/mol. The number of hydrogen-bond donors (Lipinski definition) is 1. The predicted molar refractivity (Wildman–Crippen MR) is 78.0 cm³/mol. The number of halogens is 3. The van der Waals surface area contributed by atoms with Crippen molar-refractivity contribution < 1.29 is 18.0 Å². The number of anilines is 1. The summed E-state index contributed by atoms with van der Waals surface area (Å²) in [4.78, 5) is 12.0. The van der Waals surface area contributed by atoms with E-state index in [2.05, 4.69) is 5.32 Å². The molecule has 1 aromatic heterocycles. The molecule has 0 radical (unpaired) electrons. The van der Waals surface area contributed by atoms with Gasteiger partial charge in [-0.2, -0.15) is 29.8 Å². The van der Waals surface area contributed by atoms with E-state index in [1.54, 1.807) is 22.9 Å². The third-order valence-corrected chi connectivity index (χ3v) is 3.37. The van der Waals surface area contributed by atoms with Crippen molar-refractivity contribution in [3.8, 4) is 6.07 Å². The molecular formula is C15H9F3N2OS. The van der Waals surface area contributed by atoms with Crippen LogP contribution in [0.25, 0.3) is 6.08 Å². The highest BCUT2D eigenvalue weighted by molar-refractivity contribution is 7.08. The van der Waals surface area contributed by atoms with E-state index in [4.69, 9.17) is 5.26 Å². The molecule has 112 valence electrons. The number of rotatable bonds is 3. The quantitative estimate of drug-likeness (QED) is 0.676. The van der Waals surface area contributed by atoms with Crippen LogP contribution in [-0.2, 0) is 11.0 Å². The Balaban J connectivity index is 2.20. The molecule has 1 aromatic carbocycles. The Labute approximate surface area is 128 Å². The number of hydrogen-bond acceptors (Lipinski definition) is 3. The highest BCUT2D eigenvalue weighted by Crippen LogP contribution is 2.30. The molecule has 1 N–H and O–H groups in total. The Morgan fingerprint density at radius 1 is 1.32 bits per heavy atom. The molecule has 0 aliphatic heterocycles. The van der Waals surface area contributed by atoms with E-state index in [9.17, 15) is 18.0 Å². The summed E-state index contributed by atoms with van der Waals surface area (Å²) >= 11 is 1.40. The molecule has 2 aromatic rings. The summed E-state index contributed by atoms with van der Waals surface area (Å²) in [6, 6.07) is 7.69. The fraction of sp³-hybridized carbons (Fsp3) is 0.0667. The average Bonchev–Trinajstić information content (AvgIpc) is 2.97. The number of nitrogens with zero attached hydrogens (tertiary/aromatic N) is 1. The van der Waals surface area contributed by atoms with Crippen molar-refractivity contribution in [1.82, 2.24) is 0 Å². The predicted octanol–water partition coefficient (Wildman–Crippen LogP) is 4.31. The van der Waals surface area contributed by atoms with Crippen molar-refractivity contribution in [3.63, 3.8) is 0 Å². The molecule has 1 amide bonds. The fourth-order valence-corrected chi connectivity index (χ4v) is 2.26. The van der Waals surface area contributed by atoms with E-state index in [0.29, 0.717) is 5.56 Å². The van der Waals surface area contributed by atoms with Crippen LogP contribution in [0.3, 0.4) is 0 Å². The lowest BCUT2D eigenvalue weighted by Crippen LogP contribution is -2.14. The first-order valence-electron chi connectivity index (χ1n) is 6.03. The van der Waals surface area contributed by atoms with Gasteiger partial charge in [0.2, 0.25) is 0 Å². The summed E-state index contributed by atoms with van der Waals surface area (Å²) < 4.78 is 37.8. The first-order valence-corrected chi connectivity index (χ1v) is 6.97. The van der Waals surface area contributed by atoms with Crippen LogP contribution in [0.4, 0.5) is 18.9 Å². The maximum atomic E-state index is 12.6. The third-order valence-electron chi connectivity index (χ3n) is 2.67. The molecular weight excluding hydrogens is 313 g/mol. The van der Waals surface area contributed by atoms with E-state index in [0.717, 1.165) is 12.1 Å². The van der Waals surface area contributed by atoms with Gasteiger partial charge in [0.15, 0.2) is 0 Å². The zero-order valence-corrected chi connectivity index (χ0v) is 11.8. The first-order chi connectivity index (χ1) is 10.4. The summed E-state index contributed by atoms with van der Waals surface area (Å²) in [5.41, 5.74) is -0.395. The van der Waals surface area contributed by atoms with E-state index in [1.165, 1.54) is 29.5 Å². The Bertz CT molecular complexity index is 743. The van der Waals surface area contributed by atoms with Crippen LogP contribution in [0, 0.1) is 11.3 Å². The van der Waals surface area contributed by atoms with Gasteiger partial charge in [0.25, 0.3) is 5.91 Å². The van der Waals surface area contributed by atoms with Gasteiger partial charge >= 0.3 is 6.18 Å². The second-order valence-corrected chi connectivity index (χ2v) is 5.04. The molecule has 0 unspecified atom stereocenters. The van der Waals surface area contributed by atoms with Gasteiger partial charge in [-0.3, -0.25) is 4.79 Å². The topological polar surface area (TPSA) is 52.9 Å². The standard InChI is InChI=1S/C15H9F3N2OS/c16-15(17,18)12-2-1-3-13(7-12)20-14(21)11(8-19)6-10-4-5-22-9-10/h1-7,9H,(H,20,21)/b11-6-. The number of thiophene rings is 1. The molecule has 0 saturated carbocycles. The summed E-state index contributed by atoms with van der Waals surface area (Å²) in [6.07, 6.45) is -3.12. The average molecular weight is 322 g/mol. The van der Waals surface area contributed by atoms with Crippen molar-refractivity contribution in [3.05, 3.63) is 57.8 Å². The van der Waals surface area contributed by atoms with Gasteiger partial charge in [-0.1, -0.05) is 6.07 Å². The molecule has 22 heavy (non-hydrogen) atoms. The normalized spacial score (nSPS) is 11.8. The van der Waals surface area contributed by atoms with Crippen molar-refractivity contribution >= 4 is 29.0 Å². The van der Waals surface area contributed by atoms with E-state index < -0.39 is 17.6 Å². The van der Waals surface area contributed by atoms with Gasteiger partial charge in [0.1, 0.15) is 11.6 Å². The minimum absolute atomic E-state index is 0.0220. The summed E-state index contributed by atoms with van der Waals surface area (Å²) in [7, 11) is 0. The fourth-order valence-electron chi connectivity index (χ4n) is 1.64. The Morgan fingerprint density at radius 3 is 2.68 bits per heavy atom. The van der Waals surface area contributed by atoms with Gasteiger partial charge < -0.3 is 5.32 Å². The SMILES string of the molecule is N#C/C(=C/c1ccsc1)C(=O)Nc1cccc(C(F)(F)F)c1. The molecule has 0 saturated heterocycles. The number of carbonyl (C=O) groups excluding carboxylic acids is 1. The number of alkyl halides is 3. The van der Waals surface area contributed by atoms with Crippen LogP contribution in [0.2, 0.25) is 0 Å². The number of nitriles is 1. The zero-order chi connectivity index (χ0) is 16.2. The van der Waals surface area contributed by atoms with Crippen molar-refractivity contribution in [2.75, 3.05) is 5.32 Å². The van der Waals surface area contributed by atoms with Crippen LogP contribution < -0.4 is 5.32 Å². The second-order valence-electron chi connectivity index (χ2n) is 4.26. The number of carbonyl (C=O) groups is 1. The highest BCUT2D eigenvalue weighted by atomic mass is 32.1. The Hall–Kier alpha value is -2.59. The first kappa shape index (κ1) is 15.8. The number of amides is 1. The van der Waals surface area contributed by atoms with Gasteiger partial charge in [0, 0.05) is 5.69 Å². The highest BCUT2D eigenvalue weighted by Gasteiger charge is 2.30. The van der Waals surface area contributed by atoms with Crippen LogP contribution in [0.5, 0.6) is 0 Å². The lowest BCUT2D eigenvalue weighted by molar-refractivity contribution is -0.137. The van der Waals surface area contributed by atoms with Gasteiger partial charge in [0.05, 0.1) is 5.56 Å². The van der Waals surface area contributed by atoms with E-state index in [1.807, 2.05) is 0 Å². The lowest BCUT2D eigenvalue weighted by Gasteiger charge is -2.09. The van der Waals surface area contributed by atoms with Gasteiger partial charge in [-0.05, 0) is 46.7 Å². The molecule has 0 fully saturated rings. The second kappa shape index (κ2) is 6.45. The largest absolute Gasteiger partial charge is 0.416 e.